The Balaban J connectivity index is 2.71. The van der Waals surface area contributed by atoms with Crippen LogP contribution in [0.2, 0.25) is 0 Å². The number of carbonyl (C=O) groups is 1. The Morgan fingerprint density at radius 3 is 2.32 bits per heavy atom. The molecule has 0 radical (unpaired) electrons. The summed E-state index contributed by atoms with van der Waals surface area (Å²) in [6.45, 7) is 1.37. The Hall–Kier alpha value is -0.790. The number of hydrogen-bond donors (Lipinski definition) is 1. The first-order valence-corrected chi connectivity index (χ1v) is 9.26. The zero-order valence-corrected chi connectivity index (χ0v) is 15.4. The lowest BCUT2D eigenvalue weighted by atomic mass is 10.2. The second kappa shape index (κ2) is 11.7. The lowest BCUT2D eigenvalue weighted by Crippen LogP contribution is -2.09. The monoisotopic (exact) mass is 438 g/mol. The van der Waals surface area contributed by atoms with Crippen molar-refractivity contribution in [3.8, 4) is 11.5 Å². The zero-order chi connectivity index (χ0) is 16.2. The van der Waals surface area contributed by atoms with Gasteiger partial charge in [-0.1, -0.05) is 31.9 Å². The molecule has 22 heavy (non-hydrogen) atoms. The van der Waals surface area contributed by atoms with Crippen LogP contribution in [-0.2, 0) is 4.74 Å². The fourth-order valence-electron chi connectivity index (χ4n) is 1.63. The van der Waals surface area contributed by atoms with Crippen molar-refractivity contribution < 1.29 is 24.1 Å². The minimum atomic E-state index is -0.409. The summed E-state index contributed by atoms with van der Waals surface area (Å²) in [7, 11) is 0. The van der Waals surface area contributed by atoms with Crippen LogP contribution >= 0.6 is 31.9 Å². The van der Waals surface area contributed by atoms with E-state index >= 15 is 0 Å². The van der Waals surface area contributed by atoms with Gasteiger partial charge >= 0.3 is 5.97 Å². The van der Waals surface area contributed by atoms with Gasteiger partial charge in [0, 0.05) is 17.3 Å². The SMILES string of the molecule is O=C(OCCCCO)c1ccc(OCCBr)c(OCCBr)c1. The van der Waals surface area contributed by atoms with Gasteiger partial charge in [0.25, 0.3) is 0 Å². The van der Waals surface area contributed by atoms with Gasteiger partial charge in [-0.25, -0.2) is 4.79 Å². The third-order valence-electron chi connectivity index (χ3n) is 2.63. The maximum Gasteiger partial charge on any atom is 0.338 e. The van der Waals surface area contributed by atoms with Crippen LogP contribution in [0.15, 0.2) is 18.2 Å². The molecular weight excluding hydrogens is 420 g/mol. The van der Waals surface area contributed by atoms with E-state index in [-0.39, 0.29) is 6.61 Å². The molecule has 0 aliphatic carbocycles. The molecule has 0 unspecified atom stereocenters. The Morgan fingerprint density at radius 2 is 1.68 bits per heavy atom. The topological polar surface area (TPSA) is 65.0 Å². The van der Waals surface area contributed by atoms with Gasteiger partial charge in [-0.3, -0.25) is 0 Å². The molecule has 0 saturated carbocycles. The molecule has 124 valence electrons. The molecule has 0 fully saturated rings. The van der Waals surface area contributed by atoms with Crippen molar-refractivity contribution in [2.24, 2.45) is 0 Å². The van der Waals surface area contributed by atoms with Gasteiger partial charge in [-0.15, -0.1) is 0 Å². The van der Waals surface area contributed by atoms with Gasteiger partial charge in [0.15, 0.2) is 11.5 Å². The summed E-state index contributed by atoms with van der Waals surface area (Å²) in [5.41, 5.74) is 0.416. The van der Waals surface area contributed by atoms with E-state index < -0.39 is 5.97 Å². The van der Waals surface area contributed by atoms with E-state index in [0.717, 1.165) is 0 Å². The fraction of sp³-hybridized carbons (Fsp3) is 0.533. The highest BCUT2D eigenvalue weighted by Gasteiger charge is 2.13. The van der Waals surface area contributed by atoms with E-state index in [0.29, 0.717) is 60.4 Å². The molecular formula is C15H20Br2O5. The van der Waals surface area contributed by atoms with Crippen LogP contribution in [0.4, 0.5) is 0 Å². The Kier molecular flexibility index (Phi) is 10.3. The highest BCUT2D eigenvalue weighted by Crippen LogP contribution is 2.29. The molecule has 0 aliphatic heterocycles. The summed E-state index contributed by atoms with van der Waals surface area (Å²) < 4.78 is 16.3. The van der Waals surface area contributed by atoms with Crippen LogP contribution in [-0.4, -0.2) is 48.2 Å². The summed E-state index contributed by atoms with van der Waals surface area (Å²) in [5, 5.41) is 10.1. The smallest absolute Gasteiger partial charge is 0.338 e. The number of alkyl halides is 2. The number of aliphatic hydroxyl groups excluding tert-OH is 1. The minimum Gasteiger partial charge on any atom is -0.489 e. The van der Waals surface area contributed by atoms with Crippen molar-refractivity contribution in [2.75, 3.05) is 37.1 Å². The number of esters is 1. The maximum atomic E-state index is 12.0. The second-order valence-electron chi connectivity index (χ2n) is 4.30. The molecule has 0 aromatic heterocycles. The standard InChI is InChI=1S/C15H20Br2O5/c16-5-9-20-13-4-3-12(11-14(13)21-10-6-17)15(19)22-8-2-1-7-18/h3-4,11,18H,1-2,5-10H2. The van der Waals surface area contributed by atoms with E-state index in [1.165, 1.54) is 0 Å². The van der Waals surface area contributed by atoms with Gasteiger partial charge in [-0.2, -0.15) is 0 Å². The van der Waals surface area contributed by atoms with E-state index in [9.17, 15) is 4.79 Å². The highest BCUT2D eigenvalue weighted by molar-refractivity contribution is 9.09. The fourth-order valence-corrected chi connectivity index (χ4v) is 1.95. The number of aliphatic hydroxyl groups is 1. The zero-order valence-electron chi connectivity index (χ0n) is 12.2. The lowest BCUT2D eigenvalue weighted by Gasteiger charge is -2.13. The first-order chi connectivity index (χ1) is 10.7. The van der Waals surface area contributed by atoms with Crippen molar-refractivity contribution in [1.29, 1.82) is 0 Å². The molecule has 0 heterocycles. The Morgan fingerprint density at radius 1 is 1.00 bits per heavy atom. The number of halogens is 2. The molecule has 0 amide bonds. The van der Waals surface area contributed by atoms with Gasteiger partial charge in [0.2, 0.25) is 0 Å². The molecule has 7 heteroatoms. The summed E-state index contributed by atoms with van der Waals surface area (Å²) in [5.74, 6) is 0.705. The van der Waals surface area contributed by atoms with Gasteiger partial charge < -0.3 is 19.3 Å². The summed E-state index contributed by atoms with van der Waals surface area (Å²) in [4.78, 5) is 12.0. The molecule has 0 bridgehead atoms. The lowest BCUT2D eigenvalue weighted by molar-refractivity contribution is 0.0492. The third-order valence-corrected chi connectivity index (χ3v) is 3.28. The predicted octanol–water partition coefficient (Wildman–Crippen LogP) is 3.16. The number of hydrogen-bond acceptors (Lipinski definition) is 5. The van der Waals surface area contributed by atoms with Gasteiger partial charge in [0.05, 0.1) is 25.4 Å². The Labute approximate surface area is 147 Å². The minimum absolute atomic E-state index is 0.0989. The summed E-state index contributed by atoms with van der Waals surface area (Å²) in [6.07, 6.45) is 1.26. The van der Waals surface area contributed by atoms with Crippen LogP contribution in [0.3, 0.4) is 0 Å². The second-order valence-corrected chi connectivity index (χ2v) is 5.89. The van der Waals surface area contributed by atoms with Crippen LogP contribution in [0.5, 0.6) is 11.5 Å². The molecule has 1 N–H and O–H groups in total. The van der Waals surface area contributed by atoms with Crippen LogP contribution in [0, 0.1) is 0 Å². The van der Waals surface area contributed by atoms with Crippen molar-refractivity contribution in [3.05, 3.63) is 23.8 Å². The van der Waals surface area contributed by atoms with Crippen molar-refractivity contribution in [2.45, 2.75) is 12.8 Å². The molecule has 1 aromatic rings. The Bertz CT molecular complexity index is 454. The van der Waals surface area contributed by atoms with E-state index in [1.807, 2.05) is 0 Å². The molecule has 5 nitrogen and oxygen atoms in total. The van der Waals surface area contributed by atoms with Crippen molar-refractivity contribution in [1.82, 2.24) is 0 Å². The van der Waals surface area contributed by atoms with Crippen molar-refractivity contribution in [3.63, 3.8) is 0 Å². The normalized spacial score (nSPS) is 10.3. The van der Waals surface area contributed by atoms with E-state index in [4.69, 9.17) is 19.3 Å². The molecule has 0 spiro atoms. The summed E-state index contributed by atoms with van der Waals surface area (Å²) >= 11 is 6.59. The summed E-state index contributed by atoms with van der Waals surface area (Å²) in [6, 6.07) is 4.98. The number of carbonyl (C=O) groups excluding carboxylic acids is 1. The quantitative estimate of drug-likeness (QED) is 0.326. The average molecular weight is 440 g/mol. The van der Waals surface area contributed by atoms with Gasteiger partial charge in [-0.05, 0) is 31.0 Å². The molecule has 0 saturated heterocycles. The number of unbranched alkanes of at least 4 members (excludes halogenated alkanes) is 1. The van der Waals surface area contributed by atoms with Crippen LogP contribution in [0.25, 0.3) is 0 Å². The predicted molar refractivity (Wildman–Crippen MR) is 91.6 cm³/mol. The van der Waals surface area contributed by atoms with Crippen LogP contribution < -0.4 is 9.47 Å². The first kappa shape index (κ1) is 19.3. The number of rotatable bonds is 11. The number of ether oxygens (including phenoxy) is 3. The van der Waals surface area contributed by atoms with Crippen molar-refractivity contribution >= 4 is 37.8 Å². The van der Waals surface area contributed by atoms with Crippen LogP contribution in [0.1, 0.15) is 23.2 Å². The van der Waals surface area contributed by atoms with E-state index in [1.54, 1.807) is 18.2 Å². The average Bonchev–Trinajstić information content (AvgIpc) is 2.55. The van der Waals surface area contributed by atoms with E-state index in [2.05, 4.69) is 31.9 Å². The number of benzene rings is 1. The van der Waals surface area contributed by atoms with Gasteiger partial charge in [0.1, 0.15) is 0 Å². The molecule has 1 rings (SSSR count). The first-order valence-electron chi connectivity index (χ1n) is 7.02. The highest BCUT2D eigenvalue weighted by atomic mass is 79.9. The molecule has 0 atom stereocenters. The molecule has 1 aromatic carbocycles. The third kappa shape index (κ3) is 6.98. The maximum absolute atomic E-state index is 12.0. The largest absolute Gasteiger partial charge is 0.489 e. The molecule has 0 aliphatic rings.